The van der Waals surface area contributed by atoms with Crippen LogP contribution in [0.5, 0.6) is 11.5 Å². The van der Waals surface area contributed by atoms with Crippen LogP contribution in [0.25, 0.3) is 0 Å². The van der Waals surface area contributed by atoms with E-state index in [-0.39, 0.29) is 4.83 Å². The summed E-state index contributed by atoms with van der Waals surface area (Å²) in [7, 11) is 3.27. The van der Waals surface area contributed by atoms with Gasteiger partial charge in [0.15, 0.2) is 11.5 Å². The molecule has 0 radical (unpaired) electrons. The first kappa shape index (κ1) is 13.4. The molecule has 0 aromatic heterocycles. The molecule has 98 valence electrons. The van der Waals surface area contributed by atoms with Gasteiger partial charge in [-0.15, -0.1) is 0 Å². The average Bonchev–Trinajstić information content (AvgIpc) is 2.41. The van der Waals surface area contributed by atoms with Crippen LogP contribution in [-0.4, -0.2) is 24.8 Å². The molecule has 2 atom stereocenters. The number of carbonyl (C=O) groups is 1. The Hall–Kier alpha value is -1.03. The molecule has 1 fully saturated rings. The maximum atomic E-state index is 11.5. The van der Waals surface area contributed by atoms with Crippen molar-refractivity contribution >= 4 is 21.7 Å². The van der Waals surface area contributed by atoms with Crippen LogP contribution in [0, 0.1) is 0 Å². The Morgan fingerprint density at radius 1 is 1.22 bits per heavy atom. The highest BCUT2D eigenvalue weighted by Crippen LogP contribution is 2.38. The highest BCUT2D eigenvalue weighted by molar-refractivity contribution is 9.10. The molecule has 0 N–H and O–H groups in total. The standard InChI is InChI=1S/C14H17BrO3/c1-17-13-6-4-10(8-14(13)18-2)9-3-5-12(16)11(15)7-9/h4,6,8-9,11H,3,5,7H2,1-2H3. The largest absolute Gasteiger partial charge is 0.493 e. The number of ketones is 1. The van der Waals surface area contributed by atoms with E-state index in [0.717, 1.165) is 24.3 Å². The second-order valence-electron chi connectivity index (χ2n) is 4.52. The molecule has 1 aromatic carbocycles. The van der Waals surface area contributed by atoms with Gasteiger partial charge in [-0.2, -0.15) is 0 Å². The lowest BCUT2D eigenvalue weighted by molar-refractivity contribution is -0.119. The van der Waals surface area contributed by atoms with Crippen molar-refractivity contribution in [1.82, 2.24) is 0 Å². The number of alkyl halides is 1. The van der Waals surface area contributed by atoms with E-state index in [1.54, 1.807) is 14.2 Å². The molecule has 2 rings (SSSR count). The molecule has 0 bridgehead atoms. The van der Waals surface area contributed by atoms with E-state index in [1.807, 2.05) is 12.1 Å². The Morgan fingerprint density at radius 3 is 2.56 bits per heavy atom. The number of Topliss-reactive ketones (excluding diaryl/α,β-unsaturated/α-hetero) is 1. The van der Waals surface area contributed by atoms with Gasteiger partial charge in [0.05, 0.1) is 19.0 Å². The van der Waals surface area contributed by atoms with Gasteiger partial charge in [-0.3, -0.25) is 4.79 Å². The van der Waals surface area contributed by atoms with Crippen LogP contribution in [-0.2, 0) is 4.79 Å². The summed E-state index contributed by atoms with van der Waals surface area (Å²) >= 11 is 3.45. The number of benzene rings is 1. The Labute approximate surface area is 116 Å². The fraction of sp³-hybridized carbons (Fsp3) is 0.500. The number of methoxy groups -OCH3 is 2. The molecule has 1 aromatic rings. The van der Waals surface area contributed by atoms with Gasteiger partial charge >= 0.3 is 0 Å². The van der Waals surface area contributed by atoms with Crippen molar-refractivity contribution in [2.45, 2.75) is 30.0 Å². The van der Waals surface area contributed by atoms with Gasteiger partial charge in [-0.05, 0) is 36.5 Å². The molecule has 0 heterocycles. The fourth-order valence-electron chi connectivity index (χ4n) is 2.38. The van der Waals surface area contributed by atoms with Crippen LogP contribution in [0.1, 0.15) is 30.7 Å². The van der Waals surface area contributed by atoms with Crippen LogP contribution in [0.4, 0.5) is 0 Å². The first-order valence-electron chi connectivity index (χ1n) is 6.04. The van der Waals surface area contributed by atoms with Crippen molar-refractivity contribution in [2.75, 3.05) is 14.2 Å². The van der Waals surface area contributed by atoms with E-state index >= 15 is 0 Å². The molecule has 18 heavy (non-hydrogen) atoms. The van der Waals surface area contributed by atoms with Crippen LogP contribution in [0.2, 0.25) is 0 Å². The van der Waals surface area contributed by atoms with Crippen LogP contribution < -0.4 is 9.47 Å². The number of carbonyl (C=O) groups excluding carboxylic acids is 1. The molecule has 0 saturated heterocycles. The number of rotatable bonds is 3. The normalized spacial score (nSPS) is 23.8. The van der Waals surface area contributed by atoms with Crippen LogP contribution >= 0.6 is 15.9 Å². The lowest BCUT2D eigenvalue weighted by Gasteiger charge is -2.25. The van der Waals surface area contributed by atoms with Gasteiger partial charge < -0.3 is 9.47 Å². The molecule has 1 saturated carbocycles. The Morgan fingerprint density at radius 2 is 1.94 bits per heavy atom. The predicted molar refractivity (Wildman–Crippen MR) is 73.9 cm³/mol. The summed E-state index contributed by atoms with van der Waals surface area (Å²) in [6.07, 6.45) is 2.42. The number of hydrogen-bond donors (Lipinski definition) is 0. The number of ether oxygens (including phenoxy) is 2. The summed E-state index contributed by atoms with van der Waals surface area (Å²) in [5.41, 5.74) is 1.21. The van der Waals surface area contributed by atoms with Gasteiger partial charge in [0.1, 0.15) is 5.78 Å². The zero-order valence-corrected chi connectivity index (χ0v) is 12.2. The minimum atomic E-state index is -0.00986. The average molecular weight is 313 g/mol. The van der Waals surface area contributed by atoms with E-state index < -0.39 is 0 Å². The van der Waals surface area contributed by atoms with Crippen LogP contribution in [0.3, 0.4) is 0 Å². The summed E-state index contributed by atoms with van der Waals surface area (Å²) < 4.78 is 10.5. The molecule has 0 amide bonds. The van der Waals surface area contributed by atoms with E-state index in [9.17, 15) is 4.79 Å². The van der Waals surface area contributed by atoms with Crippen molar-refractivity contribution in [1.29, 1.82) is 0 Å². The third-order valence-corrected chi connectivity index (χ3v) is 4.34. The van der Waals surface area contributed by atoms with Crippen molar-refractivity contribution < 1.29 is 14.3 Å². The van der Waals surface area contributed by atoms with E-state index in [0.29, 0.717) is 18.1 Å². The molecular formula is C14H17BrO3. The van der Waals surface area contributed by atoms with Crippen molar-refractivity contribution in [3.8, 4) is 11.5 Å². The molecule has 3 nitrogen and oxygen atoms in total. The van der Waals surface area contributed by atoms with Gasteiger partial charge in [-0.1, -0.05) is 22.0 Å². The highest BCUT2D eigenvalue weighted by Gasteiger charge is 2.28. The highest BCUT2D eigenvalue weighted by atomic mass is 79.9. The van der Waals surface area contributed by atoms with Gasteiger partial charge in [0.2, 0.25) is 0 Å². The number of hydrogen-bond acceptors (Lipinski definition) is 3. The number of halogens is 1. The molecule has 0 aliphatic heterocycles. The summed E-state index contributed by atoms with van der Waals surface area (Å²) in [4.78, 5) is 11.5. The van der Waals surface area contributed by atoms with Crippen molar-refractivity contribution in [3.05, 3.63) is 23.8 Å². The maximum Gasteiger partial charge on any atom is 0.160 e. The van der Waals surface area contributed by atoms with E-state index in [1.165, 1.54) is 5.56 Å². The monoisotopic (exact) mass is 312 g/mol. The van der Waals surface area contributed by atoms with E-state index in [4.69, 9.17) is 9.47 Å². The molecule has 2 unspecified atom stereocenters. The summed E-state index contributed by atoms with van der Waals surface area (Å²) in [5, 5.41) is 0. The zero-order valence-electron chi connectivity index (χ0n) is 10.6. The third kappa shape index (κ3) is 2.69. The van der Waals surface area contributed by atoms with Gasteiger partial charge in [-0.25, -0.2) is 0 Å². The molecular weight excluding hydrogens is 296 g/mol. The van der Waals surface area contributed by atoms with Crippen molar-refractivity contribution in [2.24, 2.45) is 0 Å². The topological polar surface area (TPSA) is 35.5 Å². The summed E-state index contributed by atoms with van der Waals surface area (Å²) in [5.74, 6) is 2.21. The predicted octanol–water partition coefficient (Wildman–Crippen LogP) is 3.30. The molecule has 1 aliphatic rings. The molecule has 1 aliphatic carbocycles. The first-order chi connectivity index (χ1) is 8.65. The second kappa shape index (κ2) is 5.74. The van der Waals surface area contributed by atoms with Crippen molar-refractivity contribution in [3.63, 3.8) is 0 Å². The van der Waals surface area contributed by atoms with Crippen LogP contribution in [0.15, 0.2) is 18.2 Å². The Kier molecular flexibility index (Phi) is 4.27. The summed E-state index contributed by atoms with van der Waals surface area (Å²) in [6.45, 7) is 0. The Balaban J connectivity index is 2.21. The third-order valence-electron chi connectivity index (χ3n) is 3.46. The smallest absolute Gasteiger partial charge is 0.160 e. The van der Waals surface area contributed by atoms with Gasteiger partial charge in [0, 0.05) is 6.42 Å². The van der Waals surface area contributed by atoms with Gasteiger partial charge in [0.25, 0.3) is 0 Å². The quantitative estimate of drug-likeness (QED) is 0.803. The zero-order chi connectivity index (χ0) is 13.1. The molecule has 4 heteroatoms. The molecule has 0 spiro atoms. The summed E-state index contributed by atoms with van der Waals surface area (Å²) in [6, 6.07) is 5.99. The SMILES string of the molecule is COc1ccc(C2CCC(=O)C(Br)C2)cc1OC. The maximum absolute atomic E-state index is 11.5. The lowest BCUT2D eigenvalue weighted by atomic mass is 9.83. The second-order valence-corrected chi connectivity index (χ2v) is 5.62. The first-order valence-corrected chi connectivity index (χ1v) is 6.96. The minimum Gasteiger partial charge on any atom is -0.493 e. The van der Waals surface area contributed by atoms with E-state index in [2.05, 4.69) is 22.0 Å². The Bertz CT molecular complexity index is 445. The lowest BCUT2D eigenvalue weighted by Crippen LogP contribution is -2.23. The fourth-order valence-corrected chi connectivity index (χ4v) is 3.06. The minimum absolute atomic E-state index is 0.00986.